The van der Waals surface area contributed by atoms with Gasteiger partial charge in [-0.3, -0.25) is 14.4 Å². The van der Waals surface area contributed by atoms with Crippen molar-refractivity contribution in [1.29, 1.82) is 0 Å². The zero-order valence-corrected chi connectivity index (χ0v) is 15.0. The third-order valence-electron chi connectivity index (χ3n) is 3.55. The van der Waals surface area contributed by atoms with Gasteiger partial charge in [-0.25, -0.2) is 0 Å². The van der Waals surface area contributed by atoms with Crippen LogP contribution in [-0.4, -0.2) is 59.6 Å². The summed E-state index contributed by atoms with van der Waals surface area (Å²) in [5.41, 5.74) is 1.63. The first-order chi connectivity index (χ1) is 9.74. The van der Waals surface area contributed by atoms with E-state index in [1.165, 1.54) is 20.8 Å². The molecule has 0 aliphatic rings. The van der Waals surface area contributed by atoms with Crippen molar-refractivity contribution in [2.24, 2.45) is 0 Å². The number of carbonyl (C=O) groups is 3. The highest BCUT2D eigenvalue weighted by atomic mass is 28.4. The van der Waals surface area contributed by atoms with Gasteiger partial charge in [0.2, 0.25) is 17.7 Å². The van der Waals surface area contributed by atoms with Gasteiger partial charge in [0, 0.05) is 40.4 Å². The van der Waals surface area contributed by atoms with Crippen LogP contribution in [0.1, 0.15) is 41.5 Å². The summed E-state index contributed by atoms with van der Waals surface area (Å²) in [6.45, 7) is 15.0. The minimum Gasteiger partial charge on any atom is -0.332 e. The summed E-state index contributed by atoms with van der Waals surface area (Å²) < 4.78 is 4.86. The molecule has 7 heteroatoms. The van der Waals surface area contributed by atoms with Crippen molar-refractivity contribution in [2.75, 3.05) is 19.6 Å². The van der Waals surface area contributed by atoms with Crippen LogP contribution in [0, 0.1) is 0 Å². The summed E-state index contributed by atoms with van der Waals surface area (Å²) in [5, 5.41) is 0. The molecule has 0 spiro atoms. The van der Waals surface area contributed by atoms with Crippen molar-refractivity contribution in [3.63, 3.8) is 0 Å². The Labute approximate surface area is 128 Å². The quantitative estimate of drug-likeness (QED) is 0.665. The molecule has 3 amide bonds. The Morgan fingerprint density at radius 2 is 1.05 bits per heavy atom. The molecule has 0 rings (SSSR count). The van der Waals surface area contributed by atoms with Gasteiger partial charge in [-0.05, 0) is 26.5 Å². The van der Waals surface area contributed by atoms with Crippen LogP contribution >= 0.6 is 0 Å². The zero-order valence-electron chi connectivity index (χ0n) is 14.0. The van der Waals surface area contributed by atoms with Crippen LogP contribution in [0.4, 0.5) is 0 Å². The van der Waals surface area contributed by atoms with Gasteiger partial charge >= 0.3 is 8.56 Å². The second kappa shape index (κ2) is 7.97. The van der Waals surface area contributed by atoms with Crippen LogP contribution in [0.15, 0.2) is 12.3 Å². The van der Waals surface area contributed by atoms with Gasteiger partial charge in [-0.2, -0.15) is 0 Å². The Morgan fingerprint density at radius 1 is 0.810 bits per heavy atom. The first-order valence-electron chi connectivity index (χ1n) is 7.22. The van der Waals surface area contributed by atoms with Crippen LogP contribution in [0.5, 0.6) is 0 Å². The fourth-order valence-electron chi connectivity index (χ4n) is 2.83. The maximum absolute atomic E-state index is 12.1. The van der Waals surface area contributed by atoms with Gasteiger partial charge in [-0.15, -0.1) is 6.58 Å². The summed E-state index contributed by atoms with van der Waals surface area (Å²) in [5.74, 6) is -0.490. The molecule has 0 saturated heterocycles. The summed E-state index contributed by atoms with van der Waals surface area (Å²) in [6.07, 6.45) is 0. The van der Waals surface area contributed by atoms with E-state index in [1.807, 2.05) is 20.8 Å². The van der Waals surface area contributed by atoms with Crippen molar-refractivity contribution in [3.8, 4) is 0 Å². The lowest BCUT2D eigenvalue weighted by Crippen LogP contribution is -2.76. The zero-order chi connectivity index (χ0) is 16.8. The van der Waals surface area contributed by atoms with Crippen molar-refractivity contribution < 1.29 is 14.4 Å². The van der Waals surface area contributed by atoms with Crippen LogP contribution in [-0.2, 0) is 14.4 Å². The molecule has 0 saturated carbocycles. The van der Waals surface area contributed by atoms with E-state index in [4.69, 9.17) is 0 Å². The average Bonchev–Trinajstić information content (AvgIpc) is 2.38. The number of carbonyl (C=O) groups excluding carboxylic acids is 3. The molecule has 0 unspecified atom stereocenters. The van der Waals surface area contributed by atoms with Gasteiger partial charge in [0.25, 0.3) is 0 Å². The predicted molar refractivity (Wildman–Crippen MR) is 85.1 cm³/mol. The summed E-state index contributed by atoms with van der Waals surface area (Å²) >= 11 is 0. The number of rotatable bonds is 7. The first-order valence-corrected chi connectivity index (χ1v) is 9.14. The number of amides is 3. The van der Waals surface area contributed by atoms with Gasteiger partial charge in [0.1, 0.15) is 0 Å². The Morgan fingerprint density at radius 3 is 1.14 bits per heavy atom. The van der Waals surface area contributed by atoms with Crippen LogP contribution in [0.2, 0.25) is 0 Å². The highest BCUT2D eigenvalue weighted by Crippen LogP contribution is 2.23. The molecular weight excluding hydrogens is 286 g/mol. The summed E-state index contributed by atoms with van der Waals surface area (Å²) in [7, 11) is -3.13. The van der Waals surface area contributed by atoms with Gasteiger partial charge in [-0.1, -0.05) is 0 Å². The molecule has 120 valence electrons. The standard InChI is InChI=1S/C14H27N3O3Si/c1-8-15(12(5)18)21(11-4,16(9-2)13(6)19)17(10-3)14(7)20/h11H,4,8-10H2,1-3,5-7H3. The van der Waals surface area contributed by atoms with Crippen molar-refractivity contribution in [2.45, 2.75) is 41.5 Å². The molecule has 0 aromatic heterocycles. The molecule has 0 aromatic carbocycles. The number of hydrogen-bond acceptors (Lipinski definition) is 3. The Bertz CT molecular complexity index is 371. The second-order valence-electron chi connectivity index (χ2n) is 4.68. The fraction of sp³-hybridized carbons (Fsp3) is 0.643. The third kappa shape index (κ3) is 3.52. The molecule has 0 fully saturated rings. The highest BCUT2D eigenvalue weighted by molar-refractivity contribution is 6.82. The largest absolute Gasteiger partial charge is 0.413 e. The van der Waals surface area contributed by atoms with Gasteiger partial charge in [0.05, 0.1) is 0 Å². The minimum absolute atomic E-state index is 0.163. The van der Waals surface area contributed by atoms with E-state index < -0.39 is 8.56 Å². The normalized spacial score (nSPS) is 10.8. The maximum atomic E-state index is 12.1. The van der Waals surface area contributed by atoms with E-state index in [0.717, 1.165) is 0 Å². The van der Waals surface area contributed by atoms with E-state index in [2.05, 4.69) is 6.58 Å². The topological polar surface area (TPSA) is 60.9 Å². The molecule has 0 atom stereocenters. The minimum atomic E-state index is -3.13. The van der Waals surface area contributed by atoms with Crippen LogP contribution in [0.25, 0.3) is 0 Å². The highest BCUT2D eigenvalue weighted by Gasteiger charge is 2.52. The molecule has 21 heavy (non-hydrogen) atoms. The van der Waals surface area contributed by atoms with Gasteiger partial charge in [0.15, 0.2) is 0 Å². The predicted octanol–water partition coefficient (Wildman–Crippen LogP) is 1.26. The molecule has 0 radical (unpaired) electrons. The Hall–Kier alpha value is -1.63. The molecule has 0 bridgehead atoms. The lowest BCUT2D eigenvalue weighted by Gasteiger charge is -2.50. The summed E-state index contributed by atoms with van der Waals surface area (Å²) in [4.78, 5) is 36.3. The van der Waals surface area contributed by atoms with E-state index >= 15 is 0 Å². The van der Waals surface area contributed by atoms with Crippen molar-refractivity contribution in [3.05, 3.63) is 12.3 Å². The van der Waals surface area contributed by atoms with Gasteiger partial charge < -0.3 is 13.7 Å². The molecule has 0 heterocycles. The maximum Gasteiger partial charge on any atom is 0.413 e. The monoisotopic (exact) mass is 313 g/mol. The molecular formula is C14H27N3O3Si. The third-order valence-corrected chi connectivity index (χ3v) is 8.38. The first kappa shape index (κ1) is 19.4. The Kier molecular flexibility index (Phi) is 7.35. The smallest absolute Gasteiger partial charge is 0.332 e. The van der Waals surface area contributed by atoms with E-state index in [1.54, 1.807) is 19.4 Å². The number of nitrogens with zero attached hydrogens (tertiary/aromatic N) is 3. The van der Waals surface area contributed by atoms with E-state index in [-0.39, 0.29) is 17.7 Å². The Balaban J connectivity index is 6.39. The van der Waals surface area contributed by atoms with E-state index in [9.17, 15) is 14.4 Å². The second-order valence-corrected chi connectivity index (χ2v) is 8.08. The average molecular weight is 313 g/mol. The molecule has 0 N–H and O–H groups in total. The molecule has 0 aromatic rings. The lowest BCUT2D eigenvalue weighted by molar-refractivity contribution is -0.130. The summed E-state index contributed by atoms with van der Waals surface area (Å²) in [6, 6.07) is 0. The van der Waals surface area contributed by atoms with Crippen molar-refractivity contribution in [1.82, 2.24) is 13.7 Å². The SMILES string of the molecule is C=C[Si](N(CC)C(C)=O)(N(CC)C(C)=O)N(CC)C(C)=O. The fourth-order valence-corrected chi connectivity index (χ4v) is 7.15. The lowest BCUT2D eigenvalue weighted by atomic mass is 10.6. The molecule has 6 nitrogen and oxygen atoms in total. The molecule has 0 aliphatic carbocycles. The van der Waals surface area contributed by atoms with Crippen molar-refractivity contribution >= 4 is 26.3 Å². The van der Waals surface area contributed by atoms with Crippen LogP contribution in [0.3, 0.4) is 0 Å². The van der Waals surface area contributed by atoms with Crippen LogP contribution < -0.4 is 0 Å². The molecule has 0 aliphatic heterocycles. The van der Waals surface area contributed by atoms with E-state index in [0.29, 0.717) is 19.6 Å². The number of hydrogen-bond donors (Lipinski definition) is 0.